The van der Waals surface area contributed by atoms with Crippen LogP contribution in [-0.4, -0.2) is 31.6 Å². The van der Waals surface area contributed by atoms with Crippen LogP contribution in [0.3, 0.4) is 0 Å². The minimum Gasteiger partial charge on any atom is -0.467 e. The lowest BCUT2D eigenvalue weighted by atomic mass is 10.1. The third-order valence-electron chi connectivity index (χ3n) is 3.37. The first-order valence-corrected chi connectivity index (χ1v) is 6.81. The molecule has 2 atom stereocenters. The predicted molar refractivity (Wildman–Crippen MR) is 73.4 cm³/mol. The van der Waals surface area contributed by atoms with Crippen LogP contribution in [-0.2, 0) is 14.3 Å². The molecule has 120 valence electrons. The van der Waals surface area contributed by atoms with Gasteiger partial charge >= 0.3 is 5.97 Å². The molecule has 6 nitrogen and oxygen atoms in total. The molecule has 0 aliphatic carbocycles. The van der Waals surface area contributed by atoms with Crippen LogP contribution in [0.25, 0.3) is 0 Å². The number of hydrogen-bond acceptors (Lipinski definition) is 5. The molecule has 1 aliphatic rings. The third-order valence-corrected chi connectivity index (χ3v) is 3.37. The molecule has 0 radical (unpaired) electrons. The second-order valence-electron chi connectivity index (χ2n) is 4.95. The Morgan fingerprint density at radius 2 is 2.23 bits per heavy atom. The Labute approximate surface area is 126 Å². The van der Waals surface area contributed by atoms with E-state index >= 15 is 0 Å². The van der Waals surface area contributed by atoms with Crippen molar-refractivity contribution in [1.82, 2.24) is 16.2 Å². The van der Waals surface area contributed by atoms with Crippen molar-refractivity contribution >= 4 is 11.9 Å². The van der Waals surface area contributed by atoms with Crippen LogP contribution in [0.4, 0.5) is 8.78 Å². The van der Waals surface area contributed by atoms with Crippen LogP contribution in [0.15, 0.2) is 18.2 Å². The lowest BCUT2D eigenvalue weighted by molar-refractivity contribution is -0.145. The Kier molecular flexibility index (Phi) is 5.40. The molecule has 0 saturated carbocycles. The van der Waals surface area contributed by atoms with Gasteiger partial charge in [-0.2, -0.15) is 0 Å². The maximum absolute atomic E-state index is 13.8. The lowest BCUT2D eigenvalue weighted by Crippen LogP contribution is -2.39. The molecule has 0 aromatic heterocycles. The smallest absolute Gasteiger partial charge is 0.333 e. The van der Waals surface area contributed by atoms with Crippen molar-refractivity contribution in [2.45, 2.75) is 24.9 Å². The summed E-state index contributed by atoms with van der Waals surface area (Å²) < 4.78 is 31.4. The third kappa shape index (κ3) is 3.99. The minimum absolute atomic E-state index is 0.0589. The molecular weight excluding hydrogens is 296 g/mol. The zero-order valence-corrected chi connectivity index (χ0v) is 12.0. The second-order valence-corrected chi connectivity index (χ2v) is 4.95. The van der Waals surface area contributed by atoms with Gasteiger partial charge < -0.3 is 10.1 Å². The fraction of sp³-hybridized carbons (Fsp3) is 0.429. The van der Waals surface area contributed by atoms with Crippen molar-refractivity contribution in [2.24, 2.45) is 0 Å². The molecule has 0 spiro atoms. The van der Waals surface area contributed by atoms with Gasteiger partial charge in [-0.1, -0.05) is 6.07 Å². The molecule has 22 heavy (non-hydrogen) atoms. The van der Waals surface area contributed by atoms with E-state index in [2.05, 4.69) is 20.9 Å². The number of amides is 1. The largest absolute Gasteiger partial charge is 0.467 e. The van der Waals surface area contributed by atoms with Crippen molar-refractivity contribution in [3.63, 3.8) is 0 Å². The van der Waals surface area contributed by atoms with Crippen molar-refractivity contribution in [3.8, 4) is 0 Å². The summed E-state index contributed by atoms with van der Waals surface area (Å²) in [7, 11) is 1.13. The molecule has 1 amide bonds. The summed E-state index contributed by atoms with van der Waals surface area (Å²) >= 11 is 0. The van der Waals surface area contributed by atoms with Gasteiger partial charge in [0.05, 0.1) is 7.11 Å². The summed E-state index contributed by atoms with van der Waals surface area (Å²) in [5, 5.41) is 2.43. The summed E-state index contributed by atoms with van der Waals surface area (Å²) in [5.74, 6) is -2.94. The number of halogens is 2. The minimum atomic E-state index is -1.31. The van der Waals surface area contributed by atoms with Crippen molar-refractivity contribution in [2.75, 3.05) is 13.7 Å². The Bertz CT molecular complexity index is 562. The van der Waals surface area contributed by atoms with E-state index in [1.807, 2.05) is 0 Å². The molecule has 1 heterocycles. The first-order valence-electron chi connectivity index (χ1n) is 6.81. The summed E-state index contributed by atoms with van der Waals surface area (Å²) in [5.41, 5.74) is 5.66. The van der Waals surface area contributed by atoms with Gasteiger partial charge in [0.15, 0.2) is 6.04 Å². The van der Waals surface area contributed by atoms with Gasteiger partial charge in [-0.05, 0) is 12.5 Å². The molecule has 2 rings (SSSR count). The summed E-state index contributed by atoms with van der Waals surface area (Å²) in [4.78, 5) is 23.8. The van der Waals surface area contributed by atoms with Crippen LogP contribution in [0.5, 0.6) is 0 Å². The van der Waals surface area contributed by atoms with Crippen LogP contribution < -0.4 is 16.2 Å². The highest BCUT2D eigenvalue weighted by atomic mass is 19.1. The average Bonchev–Trinajstić information content (AvgIpc) is 2.97. The van der Waals surface area contributed by atoms with Gasteiger partial charge in [-0.3, -0.25) is 15.6 Å². The monoisotopic (exact) mass is 313 g/mol. The lowest BCUT2D eigenvalue weighted by Gasteiger charge is -2.18. The van der Waals surface area contributed by atoms with Crippen LogP contribution in [0.1, 0.15) is 24.4 Å². The molecule has 1 fully saturated rings. The highest BCUT2D eigenvalue weighted by molar-refractivity contribution is 5.85. The number of ether oxygens (including phenoxy) is 1. The highest BCUT2D eigenvalue weighted by Crippen LogP contribution is 2.20. The molecule has 1 aromatic rings. The number of methoxy groups -OCH3 is 1. The van der Waals surface area contributed by atoms with Crippen molar-refractivity contribution in [1.29, 1.82) is 0 Å². The molecule has 2 unspecified atom stereocenters. The maximum Gasteiger partial charge on any atom is 0.333 e. The number of benzene rings is 1. The van der Waals surface area contributed by atoms with Crippen molar-refractivity contribution < 1.29 is 23.1 Å². The second kappa shape index (κ2) is 7.28. The molecule has 1 aromatic carbocycles. The Morgan fingerprint density at radius 1 is 1.45 bits per heavy atom. The van der Waals surface area contributed by atoms with E-state index in [1.165, 1.54) is 0 Å². The predicted octanol–water partition coefficient (Wildman–Crippen LogP) is 0.552. The highest BCUT2D eigenvalue weighted by Gasteiger charge is 2.28. The zero-order valence-electron chi connectivity index (χ0n) is 12.0. The van der Waals surface area contributed by atoms with Gasteiger partial charge in [-0.25, -0.2) is 13.6 Å². The Hall–Kier alpha value is -2.06. The number of carbonyl (C=O) groups excluding carboxylic acids is 2. The van der Waals surface area contributed by atoms with Crippen LogP contribution in [0, 0.1) is 11.6 Å². The van der Waals surface area contributed by atoms with E-state index in [0.29, 0.717) is 6.07 Å². The standard InChI is InChI=1S/C14H17F2N3O3/c1-22-14(21)13(10-3-2-8(15)6-11(10)16)18-12(20)7-9-4-5-17-19-9/h2-3,6,9,13,17,19H,4-5,7H2,1H3,(H,18,20). The van der Waals surface area contributed by atoms with Gasteiger partial charge in [0.2, 0.25) is 5.91 Å². The first kappa shape index (κ1) is 16.3. The number of esters is 1. The van der Waals surface area contributed by atoms with E-state index in [0.717, 1.165) is 32.2 Å². The molecule has 3 N–H and O–H groups in total. The quantitative estimate of drug-likeness (QED) is 0.692. The summed E-state index contributed by atoms with van der Waals surface area (Å²) in [6.45, 7) is 0.741. The first-order chi connectivity index (χ1) is 10.5. The Morgan fingerprint density at radius 3 is 2.82 bits per heavy atom. The van der Waals surface area contributed by atoms with Crippen LogP contribution >= 0.6 is 0 Å². The summed E-state index contributed by atoms with van der Waals surface area (Å²) in [6.07, 6.45) is 0.893. The van der Waals surface area contributed by atoms with E-state index in [1.54, 1.807) is 0 Å². The fourth-order valence-corrected chi connectivity index (χ4v) is 2.25. The Balaban J connectivity index is 2.11. The molecule has 1 saturated heterocycles. The van der Waals surface area contributed by atoms with Gasteiger partial charge in [0.1, 0.15) is 11.6 Å². The van der Waals surface area contributed by atoms with E-state index in [4.69, 9.17) is 0 Å². The van der Waals surface area contributed by atoms with Crippen molar-refractivity contribution in [3.05, 3.63) is 35.4 Å². The zero-order chi connectivity index (χ0) is 16.1. The van der Waals surface area contributed by atoms with Gasteiger partial charge in [0, 0.05) is 30.6 Å². The number of nitrogens with one attached hydrogen (secondary N) is 3. The molecule has 1 aliphatic heterocycles. The number of rotatable bonds is 5. The fourth-order valence-electron chi connectivity index (χ4n) is 2.25. The molecule has 8 heteroatoms. The molecular formula is C14H17F2N3O3. The average molecular weight is 313 g/mol. The van der Waals surface area contributed by atoms with E-state index in [-0.39, 0.29) is 18.0 Å². The maximum atomic E-state index is 13.8. The SMILES string of the molecule is COC(=O)C(NC(=O)CC1CCNN1)c1ccc(F)cc1F. The van der Waals surface area contributed by atoms with Crippen LogP contribution in [0.2, 0.25) is 0 Å². The van der Waals surface area contributed by atoms with Gasteiger partial charge in [0.25, 0.3) is 0 Å². The number of hydrazine groups is 1. The molecule has 0 bridgehead atoms. The van der Waals surface area contributed by atoms with E-state index < -0.39 is 29.6 Å². The topological polar surface area (TPSA) is 79.5 Å². The summed E-state index contributed by atoms with van der Waals surface area (Å²) in [6, 6.07) is 1.41. The number of hydrogen-bond donors (Lipinski definition) is 3. The van der Waals surface area contributed by atoms with Gasteiger partial charge in [-0.15, -0.1) is 0 Å². The van der Waals surface area contributed by atoms with E-state index in [9.17, 15) is 18.4 Å². The normalized spacial score (nSPS) is 18.8. The number of carbonyl (C=O) groups is 2.